The molecule has 0 aliphatic carbocycles. The summed E-state index contributed by atoms with van der Waals surface area (Å²) in [4.78, 5) is 0. The van der Waals surface area contributed by atoms with E-state index < -0.39 is 8.32 Å². The predicted molar refractivity (Wildman–Crippen MR) is 34.4 cm³/mol. The molecule has 0 atom stereocenters. The van der Waals surface area contributed by atoms with Crippen molar-refractivity contribution in [3.8, 4) is 0 Å². The molecule has 0 spiro atoms. The fourth-order valence-corrected chi connectivity index (χ4v) is 0. The SMILES string of the molecule is C[Si](C)(C)O[SiH3]. The first-order valence-electron chi connectivity index (χ1n) is 2.11. The molecule has 0 aliphatic heterocycles. The van der Waals surface area contributed by atoms with Gasteiger partial charge in [-0.25, -0.2) is 0 Å². The fourth-order valence-electron chi connectivity index (χ4n) is 0. The molecule has 3 heteroatoms. The number of hydrogen-bond donors (Lipinski definition) is 0. The lowest BCUT2D eigenvalue weighted by Crippen LogP contribution is -2.23. The molecule has 0 radical (unpaired) electrons. The third-order valence-corrected chi connectivity index (χ3v) is 5.51. The maximum absolute atomic E-state index is 5.22. The molecule has 38 valence electrons. The van der Waals surface area contributed by atoms with E-state index in [1.807, 2.05) is 0 Å². The van der Waals surface area contributed by atoms with Crippen molar-refractivity contribution >= 4 is 18.8 Å². The van der Waals surface area contributed by atoms with Gasteiger partial charge in [0.1, 0.15) is 10.5 Å². The van der Waals surface area contributed by atoms with E-state index in [4.69, 9.17) is 4.12 Å². The lowest BCUT2D eigenvalue weighted by Gasteiger charge is -2.11. The molecule has 0 rings (SSSR count). The summed E-state index contributed by atoms with van der Waals surface area (Å²) in [6.45, 7) is 6.58. The smallest absolute Gasteiger partial charge is 0.169 e. The summed E-state index contributed by atoms with van der Waals surface area (Å²) in [7, 11) is -0.160. The first kappa shape index (κ1) is 6.39. The zero-order chi connectivity index (χ0) is 5.21. The van der Waals surface area contributed by atoms with Crippen molar-refractivity contribution in [2.24, 2.45) is 0 Å². The molecule has 0 saturated carbocycles. The van der Waals surface area contributed by atoms with Gasteiger partial charge in [0.2, 0.25) is 0 Å². The Bertz CT molecular complexity index is 38.5. The summed E-state index contributed by atoms with van der Waals surface area (Å²) in [5.74, 6) is 0. The van der Waals surface area contributed by atoms with Crippen LogP contribution in [0.5, 0.6) is 0 Å². The second-order valence-electron chi connectivity index (χ2n) is 2.32. The minimum absolute atomic E-state index is 0.910. The molecule has 0 saturated heterocycles. The second-order valence-corrected chi connectivity index (χ2v) is 8.17. The molecule has 0 N–H and O–H groups in total. The van der Waals surface area contributed by atoms with Crippen LogP contribution >= 0.6 is 0 Å². The molecule has 6 heavy (non-hydrogen) atoms. The van der Waals surface area contributed by atoms with Gasteiger partial charge in [-0.05, 0) is 19.6 Å². The normalized spacial score (nSPS) is 12.5. The molecule has 1 nitrogen and oxygen atoms in total. The standard InChI is InChI=1S/C3H12OSi2/c1-6(2,3)4-5/h1-3,5H3. The van der Waals surface area contributed by atoms with E-state index in [-0.39, 0.29) is 0 Å². The topological polar surface area (TPSA) is 9.23 Å². The Morgan fingerprint density at radius 1 is 1.33 bits per heavy atom. The molecule has 0 aliphatic rings. The van der Waals surface area contributed by atoms with Gasteiger partial charge in [-0.15, -0.1) is 0 Å². The van der Waals surface area contributed by atoms with Crippen molar-refractivity contribution in [3.05, 3.63) is 0 Å². The zero-order valence-corrected chi connectivity index (χ0v) is 7.91. The minimum atomic E-state index is -1.07. The highest BCUT2D eigenvalue weighted by molar-refractivity contribution is 6.72. The minimum Gasteiger partial charge on any atom is -0.464 e. The van der Waals surface area contributed by atoms with Gasteiger partial charge in [-0.1, -0.05) is 0 Å². The van der Waals surface area contributed by atoms with Crippen LogP contribution < -0.4 is 0 Å². The van der Waals surface area contributed by atoms with E-state index in [0.717, 1.165) is 10.5 Å². The highest BCUT2D eigenvalue weighted by atomic mass is 28.4. The third kappa shape index (κ3) is 4.39. The van der Waals surface area contributed by atoms with E-state index in [1.165, 1.54) is 0 Å². The summed E-state index contributed by atoms with van der Waals surface area (Å²) in [5, 5.41) is 0. The van der Waals surface area contributed by atoms with Gasteiger partial charge in [0.25, 0.3) is 0 Å². The summed E-state index contributed by atoms with van der Waals surface area (Å²) < 4.78 is 5.22. The molecule has 0 unspecified atom stereocenters. The van der Waals surface area contributed by atoms with Gasteiger partial charge in [-0.3, -0.25) is 0 Å². The summed E-state index contributed by atoms with van der Waals surface area (Å²) in [6.07, 6.45) is 0. The van der Waals surface area contributed by atoms with Gasteiger partial charge in [-0.2, -0.15) is 0 Å². The predicted octanol–water partition coefficient (Wildman–Crippen LogP) is 0.118. The largest absolute Gasteiger partial charge is 0.464 e. The van der Waals surface area contributed by atoms with Gasteiger partial charge >= 0.3 is 0 Å². The second kappa shape index (κ2) is 1.90. The van der Waals surface area contributed by atoms with Crippen molar-refractivity contribution in [2.75, 3.05) is 0 Å². The molecule has 0 amide bonds. The monoisotopic (exact) mass is 120 g/mol. The van der Waals surface area contributed by atoms with Crippen LogP contribution in [0.4, 0.5) is 0 Å². The van der Waals surface area contributed by atoms with Gasteiger partial charge in [0, 0.05) is 0 Å². The first-order valence-corrected chi connectivity index (χ1v) is 6.34. The molecule has 0 heterocycles. The van der Waals surface area contributed by atoms with Crippen molar-refractivity contribution in [1.29, 1.82) is 0 Å². The van der Waals surface area contributed by atoms with Crippen molar-refractivity contribution in [2.45, 2.75) is 19.6 Å². The Morgan fingerprint density at radius 3 is 1.50 bits per heavy atom. The van der Waals surface area contributed by atoms with E-state index in [1.54, 1.807) is 0 Å². The van der Waals surface area contributed by atoms with Crippen LogP contribution in [0.15, 0.2) is 0 Å². The summed E-state index contributed by atoms with van der Waals surface area (Å²) in [6, 6.07) is 0. The van der Waals surface area contributed by atoms with E-state index >= 15 is 0 Å². The van der Waals surface area contributed by atoms with Crippen molar-refractivity contribution in [3.63, 3.8) is 0 Å². The van der Waals surface area contributed by atoms with Gasteiger partial charge < -0.3 is 4.12 Å². The third-order valence-electron chi connectivity index (χ3n) is 0.612. The zero-order valence-electron chi connectivity index (χ0n) is 4.91. The summed E-state index contributed by atoms with van der Waals surface area (Å²) >= 11 is 0. The Balaban J connectivity index is 3.17. The molecular weight excluding hydrogens is 108 g/mol. The van der Waals surface area contributed by atoms with Crippen LogP contribution in [-0.2, 0) is 4.12 Å². The first-order chi connectivity index (χ1) is 2.56. The average Bonchev–Trinajstić information content (AvgIpc) is 1.35. The van der Waals surface area contributed by atoms with E-state index in [9.17, 15) is 0 Å². The molecular formula is C3H12OSi2. The Morgan fingerprint density at radius 2 is 1.50 bits per heavy atom. The Hall–Kier alpha value is 0.394. The lowest BCUT2D eigenvalue weighted by atomic mass is 11.8. The van der Waals surface area contributed by atoms with Crippen molar-refractivity contribution in [1.82, 2.24) is 0 Å². The van der Waals surface area contributed by atoms with Crippen LogP contribution in [-0.4, -0.2) is 18.8 Å². The Kier molecular flexibility index (Phi) is 2.03. The van der Waals surface area contributed by atoms with Crippen LogP contribution in [0.1, 0.15) is 0 Å². The molecule has 0 fully saturated rings. The average molecular weight is 120 g/mol. The number of rotatable bonds is 1. The van der Waals surface area contributed by atoms with Crippen LogP contribution in [0, 0.1) is 0 Å². The lowest BCUT2D eigenvalue weighted by molar-refractivity contribution is 0.620. The molecule has 0 bridgehead atoms. The number of hydrogen-bond acceptors (Lipinski definition) is 1. The van der Waals surface area contributed by atoms with Crippen LogP contribution in [0.25, 0.3) is 0 Å². The highest BCUT2D eigenvalue weighted by Crippen LogP contribution is 1.96. The molecule has 0 aromatic heterocycles. The van der Waals surface area contributed by atoms with Gasteiger partial charge in [0.05, 0.1) is 0 Å². The van der Waals surface area contributed by atoms with E-state index in [2.05, 4.69) is 19.6 Å². The van der Waals surface area contributed by atoms with Crippen LogP contribution in [0.3, 0.4) is 0 Å². The van der Waals surface area contributed by atoms with Crippen LogP contribution in [0.2, 0.25) is 19.6 Å². The molecule has 0 aromatic carbocycles. The maximum Gasteiger partial charge on any atom is 0.169 e. The quantitative estimate of drug-likeness (QED) is 0.447. The highest BCUT2D eigenvalue weighted by Gasteiger charge is 2.08. The van der Waals surface area contributed by atoms with E-state index in [0.29, 0.717) is 0 Å². The molecule has 0 aromatic rings. The van der Waals surface area contributed by atoms with Gasteiger partial charge in [0.15, 0.2) is 8.32 Å². The summed E-state index contributed by atoms with van der Waals surface area (Å²) in [5.41, 5.74) is 0. The Labute approximate surface area is 43.4 Å². The fraction of sp³-hybridized carbons (Fsp3) is 1.00. The maximum atomic E-state index is 5.22. The van der Waals surface area contributed by atoms with Crippen molar-refractivity contribution < 1.29 is 4.12 Å².